The first kappa shape index (κ1) is 10.2. The van der Waals surface area contributed by atoms with Gasteiger partial charge >= 0.3 is 0 Å². The van der Waals surface area contributed by atoms with Crippen LogP contribution in [0.15, 0.2) is 18.2 Å². The van der Waals surface area contributed by atoms with Gasteiger partial charge in [0.25, 0.3) is 0 Å². The summed E-state index contributed by atoms with van der Waals surface area (Å²) in [6.07, 6.45) is 0. The number of hydrogen-bond acceptors (Lipinski definition) is 3. The van der Waals surface area contributed by atoms with Crippen LogP contribution < -0.4 is 15.4 Å². The molecular formula is C11H15FN2O. The molecule has 0 spiro atoms. The van der Waals surface area contributed by atoms with Crippen molar-refractivity contribution in [2.45, 2.75) is 13.0 Å². The predicted octanol–water partition coefficient (Wildman–Crippen LogP) is 1.37. The third kappa shape index (κ3) is 2.21. The molecule has 1 aromatic rings. The summed E-state index contributed by atoms with van der Waals surface area (Å²) in [6.45, 7) is 4.12. The Labute approximate surface area is 88.6 Å². The van der Waals surface area contributed by atoms with Crippen molar-refractivity contribution in [1.82, 2.24) is 0 Å². The largest absolute Gasteiger partial charge is 0.489 e. The van der Waals surface area contributed by atoms with Crippen LogP contribution in [-0.4, -0.2) is 25.7 Å². The fourth-order valence-corrected chi connectivity index (χ4v) is 1.79. The Morgan fingerprint density at radius 1 is 1.60 bits per heavy atom. The summed E-state index contributed by atoms with van der Waals surface area (Å²) in [7, 11) is 0. The molecule has 2 rings (SSSR count). The van der Waals surface area contributed by atoms with Gasteiger partial charge in [-0.15, -0.1) is 0 Å². The van der Waals surface area contributed by atoms with Gasteiger partial charge in [-0.3, -0.25) is 0 Å². The first-order chi connectivity index (χ1) is 7.16. The number of nitrogens with two attached hydrogens (primary N) is 1. The standard InChI is InChI=1S/C11H15FN2O/c1-8(13)7-14-4-5-15-11-6-9(12)2-3-10(11)14/h2-3,6,8H,4-5,7,13H2,1H3. The zero-order valence-electron chi connectivity index (χ0n) is 8.74. The van der Waals surface area contributed by atoms with Crippen molar-refractivity contribution in [1.29, 1.82) is 0 Å². The third-order valence-corrected chi connectivity index (χ3v) is 2.39. The number of anilines is 1. The van der Waals surface area contributed by atoms with Crippen molar-refractivity contribution in [2.24, 2.45) is 5.73 Å². The summed E-state index contributed by atoms with van der Waals surface area (Å²) >= 11 is 0. The second-order valence-electron chi connectivity index (χ2n) is 3.88. The minimum Gasteiger partial charge on any atom is -0.489 e. The number of halogens is 1. The highest BCUT2D eigenvalue weighted by Gasteiger charge is 2.18. The van der Waals surface area contributed by atoms with E-state index in [4.69, 9.17) is 10.5 Å². The van der Waals surface area contributed by atoms with Crippen molar-refractivity contribution >= 4 is 5.69 Å². The molecule has 0 aromatic heterocycles. The predicted molar refractivity (Wildman–Crippen MR) is 57.8 cm³/mol. The highest BCUT2D eigenvalue weighted by molar-refractivity contribution is 5.60. The van der Waals surface area contributed by atoms with Crippen LogP contribution in [-0.2, 0) is 0 Å². The molecule has 0 bridgehead atoms. The smallest absolute Gasteiger partial charge is 0.145 e. The first-order valence-electron chi connectivity index (χ1n) is 5.09. The van der Waals surface area contributed by atoms with E-state index < -0.39 is 0 Å². The van der Waals surface area contributed by atoms with Gasteiger partial charge in [0.1, 0.15) is 18.2 Å². The van der Waals surface area contributed by atoms with E-state index in [2.05, 4.69) is 4.90 Å². The Kier molecular flexibility index (Phi) is 2.77. The monoisotopic (exact) mass is 210 g/mol. The fraction of sp³-hybridized carbons (Fsp3) is 0.455. The van der Waals surface area contributed by atoms with Gasteiger partial charge in [0.15, 0.2) is 0 Å². The minimum absolute atomic E-state index is 0.0982. The maximum Gasteiger partial charge on any atom is 0.145 e. The fourth-order valence-electron chi connectivity index (χ4n) is 1.79. The molecule has 1 aliphatic heterocycles. The second kappa shape index (κ2) is 4.06. The molecular weight excluding hydrogens is 195 g/mol. The van der Waals surface area contributed by atoms with E-state index in [1.807, 2.05) is 6.92 Å². The molecule has 0 saturated heterocycles. The van der Waals surface area contributed by atoms with E-state index in [0.29, 0.717) is 12.4 Å². The van der Waals surface area contributed by atoms with E-state index in [1.54, 1.807) is 6.07 Å². The SMILES string of the molecule is CC(N)CN1CCOc2cc(F)ccc21. The second-order valence-corrected chi connectivity index (χ2v) is 3.88. The lowest BCUT2D eigenvalue weighted by molar-refractivity contribution is 0.304. The third-order valence-electron chi connectivity index (χ3n) is 2.39. The van der Waals surface area contributed by atoms with Crippen LogP contribution in [0.2, 0.25) is 0 Å². The lowest BCUT2D eigenvalue weighted by Gasteiger charge is -2.32. The zero-order valence-corrected chi connectivity index (χ0v) is 8.74. The summed E-state index contributed by atoms with van der Waals surface area (Å²) in [5, 5.41) is 0. The Morgan fingerprint density at radius 3 is 3.13 bits per heavy atom. The molecule has 1 atom stereocenters. The van der Waals surface area contributed by atoms with Crippen LogP contribution in [0.4, 0.5) is 10.1 Å². The van der Waals surface area contributed by atoms with Gasteiger partial charge < -0.3 is 15.4 Å². The van der Waals surface area contributed by atoms with Crippen molar-refractivity contribution in [2.75, 3.05) is 24.6 Å². The van der Waals surface area contributed by atoms with Crippen LogP contribution in [0.3, 0.4) is 0 Å². The molecule has 1 aromatic carbocycles. The average Bonchev–Trinajstić information content (AvgIpc) is 2.16. The molecule has 1 aliphatic rings. The van der Waals surface area contributed by atoms with Crippen LogP contribution in [0.5, 0.6) is 5.75 Å². The van der Waals surface area contributed by atoms with Crippen molar-refractivity contribution in [3.05, 3.63) is 24.0 Å². The number of nitrogens with zero attached hydrogens (tertiary/aromatic N) is 1. The highest BCUT2D eigenvalue weighted by Crippen LogP contribution is 2.31. The van der Waals surface area contributed by atoms with E-state index in [0.717, 1.165) is 18.8 Å². The van der Waals surface area contributed by atoms with Gasteiger partial charge in [-0.05, 0) is 19.1 Å². The Hall–Kier alpha value is -1.29. The van der Waals surface area contributed by atoms with E-state index in [9.17, 15) is 4.39 Å². The topological polar surface area (TPSA) is 38.5 Å². The van der Waals surface area contributed by atoms with Gasteiger partial charge in [-0.1, -0.05) is 0 Å². The summed E-state index contributed by atoms with van der Waals surface area (Å²) in [5.41, 5.74) is 6.68. The molecule has 82 valence electrons. The molecule has 15 heavy (non-hydrogen) atoms. The van der Waals surface area contributed by atoms with Crippen molar-refractivity contribution < 1.29 is 9.13 Å². The summed E-state index contributed by atoms with van der Waals surface area (Å²) in [5.74, 6) is 0.346. The quantitative estimate of drug-likeness (QED) is 0.801. The lowest BCUT2D eigenvalue weighted by Crippen LogP contribution is -2.40. The van der Waals surface area contributed by atoms with Crippen LogP contribution in [0, 0.1) is 5.82 Å². The van der Waals surface area contributed by atoms with Crippen molar-refractivity contribution in [3.63, 3.8) is 0 Å². The summed E-state index contributed by atoms with van der Waals surface area (Å²) < 4.78 is 18.4. The number of hydrogen-bond donors (Lipinski definition) is 1. The van der Waals surface area contributed by atoms with Crippen LogP contribution in [0.1, 0.15) is 6.92 Å². The maximum atomic E-state index is 13.0. The van der Waals surface area contributed by atoms with Gasteiger partial charge in [-0.25, -0.2) is 4.39 Å². The van der Waals surface area contributed by atoms with Crippen LogP contribution in [0.25, 0.3) is 0 Å². The normalized spacial score (nSPS) is 16.9. The summed E-state index contributed by atoms with van der Waals surface area (Å²) in [6, 6.07) is 4.71. The lowest BCUT2D eigenvalue weighted by atomic mass is 10.2. The van der Waals surface area contributed by atoms with Gasteiger partial charge in [-0.2, -0.15) is 0 Å². The average molecular weight is 210 g/mol. The zero-order chi connectivity index (χ0) is 10.8. The van der Waals surface area contributed by atoms with Gasteiger partial charge in [0, 0.05) is 18.7 Å². The molecule has 0 saturated carbocycles. The van der Waals surface area contributed by atoms with Crippen LogP contribution >= 0.6 is 0 Å². The van der Waals surface area contributed by atoms with Crippen molar-refractivity contribution in [3.8, 4) is 5.75 Å². The molecule has 0 fully saturated rings. The number of benzene rings is 1. The van der Waals surface area contributed by atoms with E-state index in [1.165, 1.54) is 12.1 Å². The molecule has 3 nitrogen and oxygen atoms in total. The maximum absolute atomic E-state index is 13.0. The molecule has 1 unspecified atom stereocenters. The number of fused-ring (bicyclic) bond motifs is 1. The molecule has 0 aliphatic carbocycles. The molecule has 0 amide bonds. The van der Waals surface area contributed by atoms with Gasteiger partial charge in [0.05, 0.1) is 12.2 Å². The Morgan fingerprint density at radius 2 is 2.40 bits per heavy atom. The number of rotatable bonds is 2. The summed E-state index contributed by atoms with van der Waals surface area (Å²) in [4.78, 5) is 2.13. The van der Waals surface area contributed by atoms with E-state index in [-0.39, 0.29) is 11.9 Å². The number of ether oxygens (including phenoxy) is 1. The highest BCUT2D eigenvalue weighted by atomic mass is 19.1. The van der Waals surface area contributed by atoms with Gasteiger partial charge in [0.2, 0.25) is 0 Å². The Bertz CT molecular complexity index is 354. The molecule has 4 heteroatoms. The Balaban J connectivity index is 2.26. The molecule has 0 radical (unpaired) electrons. The minimum atomic E-state index is -0.267. The molecule has 2 N–H and O–H groups in total. The molecule has 1 heterocycles. The first-order valence-corrected chi connectivity index (χ1v) is 5.09. The van der Waals surface area contributed by atoms with E-state index >= 15 is 0 Å².